The van der Waals surface area contributed by atoms with Crippen molar-refractivity contribution >= 4 is 17.7 Å². The number of pyridine rings is 1. The lowest BCUT2D eigenvalue weighted by atomic mass is 9.95. The molecule has 6 nitrogen and oxygen atoms in total. The number of aromatic nitrogens is 1. The molecule has 6 heteroatoms. The zero-order valence-electron chi connectivity index (χ0n) is 16.5. The van der Waals surface area contributed by atoms with Gasteiger partial charge >= 0.3 is 0 Å². The van der Waals surface area contributed by atoms with Crippen molar-refractivity contribution in [2.24, 2.45) is 5.92 Å². The predicted molar refractivity (Wildman–Crippen MR) is 108 cm³/mol. The molecule has 0 bridgehead atoms. The summed E-state index contributed by atoms with van der Waals surface area (Å²) in [5.74, 6) is -1.23. The number of carbonyl (C=O) groups excluding carboxylic acids is 3. The summed E-state index contributed by atoms with van der Waals surface area (Å²) in [6.07, 6.45) is 8.13. The van der Waals surface area contributed by atoms with E-state index in [-0.39, 0.29) is 17.9 Å². The Morgan fingerprint density at radius 1 is 1.03 bits per heavy atom. The number of amides is 3. The van der Waals surface area contributed by atoms with E-state index in [1.165, 1.54) is 0 Å². The van der Waals surface area contributed by atoms with Gasteiger partial charge in [0.2, 0.25) is 5.91 Å². The van der Waals surface area contributed by atoms with Gasteiger partial charge in [0, 0.05) is 18.9 Å². The summed E-state index contributed by atoms with van der Waals surface area (Å²) in [4.78, 5) is 46.8. The molecule has 148 valence electrons. The first-order valence-electron chi connectivity index (χ1n) is 9.83. The third kappa shape index (κ3) is 3.24. The van der Waals surface area contributed by atoms with Crippen molar-refractivity contribution in [1.82, 2.24) is 14.8 Å². The van der Waals surface area contributed by atoms with E-state index in [0.717, 1.165) is 10.5 Å². The van der Waals surface area contributed by atoms with Crippen LogP contribution in [0.15, 0.2) is 60.9 Å². The summed E-state index contributed by atoms with van der Waals surface area (Å²) >= 11 is 0. The van der Waals surface area contributed by atoms with Gasteiger partial charge in [-0.25, -0.2) is 0 Å². The normalized spacial score (nSPS) is 19.6. The Labute approximate surface area is 169 Å². The van der Waals surface area contributed by atoms with Crippen LogP contribution in [0.2, 0.25) is 0 Å². The van der Waals surface area contributed by atoms with Crippen LogP contribution in [0.25, 0.3) is 0 Å². The minimum Gasteiger partial charge on any atom is -0.330 e. The van der Waals surface area contributed by atoms with Crippen molar-refractivity contribution in [2.45, 2.75) is 32.4 Å². The van der Waals surface area contributed by atoms with Gasteiger partial charge in [-0.15, -0.1) is 0 Å². The molecule has 2 atom stereocenters. The molecule has 0 fully saturated rings. The summed E-state index contributed by atoms with van der Waals surface area (Å²) in [6, 6.07) is 9.51. The molecule has 1 aromatic carbocycles. The van der Waals surface area contributed by atoms with Gasteiger partial charge in [0.25, 0.3) is 11.8 Å². The smallest absolute Gasteiger partial charge is 0.262 e. The van der Waals surface area contributed by atoms with Gasteiger partial charge in [-0.1, -0.05) is 44.2 Å². The average molecular weight is 389 g/mol. The molecule has 0 radical (unpaired) electrons. The van der Waals surface area contributed by atoms with E-state index in [0.29, 0.717) is 24.1 Å². The van der Waals surface area contributed by atoms with Crippen LogP contribution >= 0.6 is 0 Å². The number of nitrogens with zero attached hydrogens (tertiary/aromatic N) is 3. The first-order chi connectivity index (χ1) is 14.0. The monoisotopic (exact) mass is 389 g/mol. The molecular weight excluding hydrogens is 366 g/mol. The Hall–Kier alpha value is -3.28. The number of carbonyl (C=O) groups is 3. The first-order valence-corrected chi connectivity index (χ1v) is 9.83. The molecule has 2 unspecified atom stereocenters. The van der Waals surface area contributed by atoms with Crippen LogP contribution in [-0.4, -0.2) is 45.1 Å². The molecule has 1 aromatic heterocycles. The molecule has 2 aliphatic rings. The molecule has 2 aliphatic heterocycles. The number of fused-ring (bicyclic) bond motifs is 1. The molecule has 0 spiro atoms. The minimum atomic E-state index is -0.854. The number of hydrogen-bond donors (Lipinski definition) is 0. The van der Waals surface area contributed by atoms with Crippen molar-refractivity contribution < 1.29 is 14.4 Å². The summed E-state index contributed by atoms with van der Waals surface area (Å²) in [6.45, 7) is 4.17. The van der Waals surface area contributed by atoms with Gasteiger partial charge in [-0.2, -0.15) is 0 Å². The Bertz CT molecular complexity index is 949. The maximum absolute atomic E-state index is 13.7. The van der Waals surface area contributed by atoms with Gasteiger partial charge in [-0.3, -0.25) is 24.3 Å². The summed E-state index contributed by atoms with van der Waals surface area (Å²) in [7, 11) is 0. The van der Waals surface area contributed by atoms with Crippen LogP contribution in [-0.2, 0) is 4.79 Å². The molecule has 0 aliphatic carbocycles. The summed E-state index contributed by atoms with van der Waals surface area (Å²) in [5.41, 5.74) is 1.66. The lowest BCUT2D eigenvalue weighted by molar-refractivity contribution is -0.139. The van der Waals surface area contributed by atoms with E-state index in [4.69, 9.17) is 0 Å². The SMILES string of the molecule is CC(C)C(C(=O)N1CC=CCC1c1cccnc1)N1C(=O)c2ccccc2C1=O. The quantitative estimate of drug-likeness (QED) is 0.595. The fourth-order valence-electron chi connectivity index (χ4n) is 4.12. The standard InChI is InChI=1S/C23H23N3O3/c1-15(2)20(26-21(27)17-9-3-4-10-18(17)22(26)28)23(29)25-13-6-5-11-19(25)16-8-7-12-24-14-16/h3-10,12,14-15,19-20H,11,13H2,1-2H3. The third-order valence-corrected chi connectivity index (χ3v) is 5.54. The third-order valence-electron chi connectivity index (χ3n) is 5.54. The van der Waals surface area contributed by atoms with Crippen LogP contribution < -0.4 is 0 Å². The molecule has 0 saturated carbocycles. The lowest BCUT2D eigenvalue weighted by Crippen LogP contribution is -2.54. The van der Waals surface area contributed by atoms with Crippen molar-refractivity contribution in [1.29, 1.82) is 0 Å². The topological polar surface area (TPSA) is 70.6 Å². The van der Waals surface area contributed by atoms with E-state index in [1.807, 2.05) is 38.1 Å². The van der Waals surface area contributed by atoms with Crippen LogP contribution in [0.5, 0.6) is 0 Å². The fourth-order valence-corrected chi connectivity index (χ4v) is 4.12. The highest BCUT2D eigenvalue weighted by atomic mass is 16.2. The second kappa shape index (κ2) is 7.62. The van der Waals surface area contributed by atoms with Crippen LogP contribution in [0.1, 0.15) is 52.6 Å². The summed E-state index contributed by atoms with van der Waals surface area (Å²) in [5, 5.41) is 0. The minimum absolute atomic E-state index is 0.169. The number of rotatable bonds is 4. The molecule has 3 amide bonds. The van der Waals surface area contributed by atoms with E-state index >= 15 is 0 Å². The van der Waals surface area contributed by atoms with Gasteiger partial charge in [-0.05, 0) is 36.1 Å². The highest BCUT2D eigenvalue weighted by molar-refractivity contribution is 6.22. The zero-order valence-corrected chi connectivity index (χ0v) is 16.5. The van der Waals surface area contributed by atoms with Crippen molar-refractivity contribution in [2.75, 3.05) is 6.54 Å². The molecule has 4 rings (SSSR count). The fraction of sp³-hybridized carbons (Fsp3) is 0.304. The Balaban J connectivity index is 1.69. The molecule has 29 heavy (non-hydrogen) atoms. The number of hydrogen-bond acceptors (Lipinski definition) is 4. The maximum Gasteiger partial charge on any atom is 0.262 e. The van der Waals surface area contributed by atoms with E-state index in [9.17, 15) is 14.4 Å². The van der Waals surface area contributed by atoms with Crippen LogP contribution in [0.4, 0.5) is 0 Å². The Morgan fingerprint density at radius 2 is 1.72 bits per heavy atom. The van der Waals surface area contributed by atoms with Crippen LogP contribution in [0.3, 0.4) is 0 Å². The van der Waals surface area contributed by atoms with Gasteiger partial charge in [0.1, 0.15) is 6.04 Å². The van der Waals surface area contributed by atoms with Gasteiger partial charge in [0.15, 0.2) is 0 Å². The Kier molecular flexibility index (Phi) is 5.01. The molecule has 0 N–H and O–H groups in total. The average Bonchev–Trinajstić information content (AvgIpc) is 3.00. The number of benzene rings is 1. The maximum atomic E-state index is 13.7. The van der Waals surface area contributed by atoms with Crippen molar-refractivity contribution in [3.05, 3.63) is 77.6 Å². The highest BCUT2D eigenvalue weighted by Gasteiger charge is 2.46. The van der Waals surface area contributed by atoms with E-state index in [2.05, 4.69) is 4.98 Å². The molecule has 0 saturated heterocycles. The predicted octanol–water partition coefficient (Wildman–Crippen LogP) is 3.23. The molecule has 3 heterocycles. The first kappa shape index (κ1) is 19.1. The highest BCUT2D eigenvalue weighted by Crippen LogP contribution is 2.32. The molecular formula is C23H23N3O3. The van der Waals surface area contributed by atoms with Crippen molar-refractivity contribution in [3.63, 3.8) is 0 Å². The van der Waals surface area contributed by atoms with Crippen molar-refractivity contribution in [3.8, 4) is 0 Å². The second-order valence-corrected chi connectivity index (χ2v) is 7.71. The van der Waals surface area contributed by atoms with Gasteiger partial charge < -0.3 is 4.90 Å². The van der Waals surface area contributed by atoms with E-state index in [1.54, 1.807) is 41.6 Å². The second-order valence-electron chi connectivity index (χ2n) is 7.71. The zero-order chi connectivity index (χ0) is 20.5. The van der Waals surface area contributed by atoms with E-state index < -0.39 is 17.9 Å². The largest absolute Gasteiger partial charge is 0.330 e. The lowest BCUT2D eigenvalue weighted by Gasteiger charge is -2.38. The van der Waals surface area contributed by atoms with Gasteiger partial charge in [0.05, 0.1) is 17.2 Å². The number of imide groups is 1. The summed E-state index contributed by atoms with van der Waals surface area (Å²) < 4.78 is 0. The van der Waals surface area contributed by atoms with Crippen LogP contribution in [0, 0.1) is 5.92 Å². The molecule has 2 aromatic rings. The Morgan fingerprint density at radius 3 is 2.31 bits per heavy atom.